The van der Waals surface area contributed by atoms with E-state index in [1.165, 1.54) is 4.90 Å². The predicted molar refractivity (Wildman–Crippen MR) is 101 cm³/mol. The van der Waals surface area contributed by atoms with Crippen molar-refractivity contribution in [1.29, 1.82) is 0 Å². The SMILES string of the molecule is CCOC(=O)CN(C(=O)CSc1nnc(NCC(F)(F)F)s1)c1ccccc1. The molecule has 0 spiro atoms. The standard InChI is InChI=1S/C16H17F3N4O3S2/c1-2-26-13(25)8-23(11-6-4-3-5-7-11)12(24)9-27-15-22-21-14(28-15)20-10-16(17,18)19/h3-7H,2,8-10H2,1H3,(H,20,21). The first kappa shape index (κ1) is 22.0. The van der Waals surface area contributed by atoms with E-state index in [1.807, 2.05) is 0 Å². The zero-order valence-corrected chi connectivity index (χ0v) is 16.4. The maximum absolute atomic E-state index is 12.6. The first-order valence-electron chi connectivity index (χ1n) is 8.06. The quantitative estimate of drug-likeness (QED) is 0.479. The van der Waals surface area contributed by atoms with Crippen LogP contribution in [0.5, 0.6) is 0 Å². The number of carbonyl (C=O) groups excluding carboxylic acids is 2. The van der Waals surface area contributed by atoms with Gasteiger partial charge in [0, 0.05) is 5.69 Å². The van der Waals surface area contributed by atoms with E-state index in [4.69, 9.17) is 4.74 Å². The average Bonchev–Trinajstić information content (AvgIpc) is 3.11. The maximum atomic E-state index is 12.6. The van der Waals surface area contributed by atoms with Gasteiger partial charge in [0.05, 0.1) is 12.4 Å². The van der Waals surface area contributed by atoms with E-state index in [1.54, 1.807) is 37.3 Å². The van der Waals surface area contributed by atoms with Gasteiger partial charge < -0.3 is 15.0 Å². The monoisotopic (exact) mass is 434 g/mol. The molecule has 1 amide bonds. The Labute approximate surface area is 167 Å². The molecule has 0 saturated heterocycles. The Kier molecular flexibility index (Phi) is 8.05. The molecule has 2 aromatic rings. The highest BCUT2D eigenvalue weighted by atomic mass is 32.2. The van der Waals surface area contributed by atoms with Gasteiger partial charge in [0.1, 0.15) is 13.1 Å². The number of amides is 1. The van der Waals surface area contributed by atoms with Crippen molar-refractivity contribution in [3.05, 3.63) is 30.3 Å². The number of anilines is 2. The number of esters is 1. The van der Waals surface area contributed by atoms with Crippen LogP contribution in [0.3, 0.4) is 0 Å². The molecule has 1 aromatic carbocycles. The summed E-state index contributed by atoms with van der Waals surface area (Å²) in [6, 6.07) is 8.62. The zero-order chi connectivity index (χ0) is 20.6. The molecule has 0 unspecified atom stereocenters. The molecule has 0 atom stereocenters. The molecule has 0 bridgehead atoms. The number of hydrogen-bond donors (Lipinski definition) is 1. The highest BCUT2D eigenvalue weighted by molar-refractivity contribution is 8.01. The summed E-state index contributed by atoms with van der Waals surface area (Å²) < 4.78 is 41.9. The molecule has 2 rings (SSSR count). The second-order valence-corrected chi connectivity index (χ2v) is 7.45. The fraction of sp³-hybridized carbons (Fsp3) is 0.375. The summed E-state index contributed by atoms with van der Waals surface area (Å²) in [6.07, 6.45) is -4.36. The first-order valence-corrected chi connectivity index (χ1v) is 9.86. The number of benzene rings is 1. The van der Waals surface area contributed by atoms with Crippen molar-refractivity contribution in [3.8, 4) is 0 Å². The van der Waals surface area contributed by atoms with Gasteiger partial charge in [0.25, 0.3) is 0 Å². The topological polar surface area (TPSA) is 84.4 Å². The summed E-state index contributed by atoms with van der Waals surface area (Å²) in [6.45, 7) is 0.406. The number of nitrogens with zero attached hydrogens (tertiary/aromatic N) is 3. The largest absolute Gasteiger partial charge is 0.465 e. The third-order valence-corrected chi connectivity index (χ3v) is 5.13. The summed E-state index contributed by atoms with van der Waals surface area (Å²) in [5.74, 6) is -0.981. The molecule has 7 nitrogen and oxygen atoms in total. The third kappa shape index (κ3) is 7.35. The van der Waals surface area contributed by atoms with E-state index >= 15 is 0 Å². The Morgan fingerprint density at radius 2 is 1.96 bits per heavy atom. The van der Waals surface area contributed by atoms with Crippen LogP contribution in [0.25, 0.3) is 0 Å². The minimum Gasteiger partial charge on any atom is -0.465 e. The smallest absolute Gasteiger partial charge is 0.405 e. The molecule has 28 heavy (non-hydrogen) atoms. The minimum absolute atomic E-state index is 0.0127. The lowest BCUT2D eigenvalue weighted by Crippen LogP contribution is -2.37. The number of aromatic nitrogens is 2. The molecule has 1 N–H and O–H groups in total. The highest BCUT2D eigenvalue weighted by Crippen LogP contribution is 2.27. The first-order chi connectivity index (χ1) is 13.3. The molecule has 0 aliphatic rings. The summed E-state index contributed by atoms with van der Waals surface area (Å²) in [4.78, 5) is 25.7. The lowest BCUT2D eigenvalue weighted by atomic mass is 10.3. The van der Waals surface area contributed by atoms with Crippen LogP contribution >= 0.6 is 23.1 Å². The fourth-order valence-corrected chi connectivity index (χ4v) is 3.61. The summed E-state index contributed by atoms with van der Waals surface area (Å²) >= 11 is 1.94. The van der Waals surface area contributed by atoms with Crippen molar-refractivity contribution in [1.82, 2.24) is 10.2 Å². The van der Waals surface area contributed by atoms with Gasteiger partial charge in [0.15, 0.2) is 4.34 Å². The molecule has 0 aliphatic heterocycles. The Bertz CT molecular complexity index is 787. The third-order valence-electron chi connectivity index (χ3n) is 3.13. The Balaban J connectivity index is 1.97. The summed E-state index contributed by atoms with van der Waals surface area (Å²) in [5.41, 5.74) is 0.533. The average molecular weight is 434 g/mol. The molecule has 0 fully saturated rings. The molecule has 1 heterocycles. The van der Waals surface area contributed by atoms with Gasteiger partial charge in [-0.15, -0.1) is 10.2 Å². The van der Waals surface area contributed by atoms with Crippen molar-refractivity contribution >= 4 is 45.8 Å². The van der Waals surface area contributed by atoms with Crippen molar-refractivity contribution < 1.29 is 27.5 Å². The number of halogens is 3. The second kappa shape index (κ2) is 10.3. The Hall–Kier alpha value is -2.34. The van der Waals surface area contributed by atoms with Crippen LogP contribution < -0.4 is 10.2 Å². The van der Waals surface area contributed by atoms with Crippen molar-refractivity contribution in [3.63, 3.8) is 0 Å². The van der Waals surface area contributed by atoms with Gasteiger partial charge in [0.2, 0.25) is 11.0 Å². The van der Waals surface area contributed by atoms with Crippen molar-refractivity contribution in [2.75, 3.05) is 35.7 Å². The van der Waals surface area contributed by atoms with E-state index in [9.17, 15) is 22.8 Å². The number of para-hydroxylation sites is 1. The number of rotatable bonds is 9. The van der Waals surface area contributed by atoms with Crippen LogP contribution in [-0.2, 0) is 14.3 Å². The van der Waals surface area contributed by atoms with Crippen LogP contribution in [0, 0.1) is 0 Å². The Morgan fingerprint density at radius 3 is 2.61 bits per heavy atom. The summed E-state index contributed by atoms with van der Waals surface area (Å²) in [5, 5.41) is 9.51. The predicted octanol–water partition coefficient (Wildman–Crippen LogP) is 3.20. The highest BCUT2D eigenvalue weighted by Gasteiger charge is 2.27. The van der Waals surface area contributed by atoms with Gasteiger partial charge in [-0.05, 0) is 19.1 Å². The minimum atomic E-state index is -4.36. The van der Waals surface area contributed by atoms with Gasteiger partial charge in [-0.3, -0.25) is 9.59 Å². The van der Waals surface area contributed by atoms with Crippen LogP contribution in [0.2, 0.25) is 0 Å². The maximum Gasteiger partial charge on any atom is 0.405 e. The molecule has 1 aromatic heterocycles. The van der Waals surface area contributed by atoms with E-state index in [2.05, 4.69) is 15.5 Å². The summed E-state index contributed by atoms with van der Waals surface area (Å²) in [7, 11) is 0. The van der Waals surface area contributed by atoms with Crippen LogP contribution in [-0.4, -0.2) is 53.7 Å². The van der Waals surface area contributed by atoms with Crippen LogP contribution in [0.1, 0.15) is 6.92 Å². The van der Waals surface area contributed by atoms with Gasteiger partial charge in [-0.2, -0.15) is 13.2 Å². The molecule has 0 aliphatic carbocycles. The number of nitrogens with one attached hydrogen (secondary N) is 1. The van der Waals surface area contributed by atoms with Gasteiger partial charge in [-0.25, -0.2) is 0 Å². The molecular formula is C16H17F3N4O3S2. The number of thioether (sulfide) groups is 1. The number of alkyl halides is 3. The van der Waals surface area contributed by atoms with Crippen LogP contribution in [0.4, 0.5) is 24.0 Å². The van der Waals surface area contributed by atoms with E-state index in [0.717, 1.165) is 23.1 Å². The molecule has 152 valence electrons. The second-order valence-electron chi connectivity index (χ2n) is 5.25. The van der Waals surface area contributed by atoms with E-state index in [0.29, 0.717) is 10.0 Å². The number of hydrogen-bond acceptors (Lipinski definition) is 8. The Morgan fingerprint density at radius 1 is 1.25 bits per heavy atom. The lowest BCUT2D eigenvalue weighted by Gasteiger charge is -2.21. The molecule has 0 radical (unpaired) electrons. The van der Waals surface area contributed by atoms with Gasteiger partial charge in [-0.1, -0.05) is 41.3 Å². The van der Waals surface area contributed by atoms with E-state index < -0.39 is 18.7 Å². The van der Waals surface area contributed by atoms with Gasteiger partial charge >= 0.3 is 12.1 Å². The number of carbonyl (C=O) groups is 2. The zero-order valence-electron chi connectivity index (χ0n) is 14.7. The lowest BCUT2D eigenvalue weighted by molar-refractivity contribution is -0.142. The number of ether oxygens (including phenoxy) is 1. The fourth-order valence-electron chi connectivity index (χ4n) is 1.98. The van der Waals surface area contributed by atoms with Crippen molar-refractivity contribution in [2.24, 2.45) is 0 Å². The molecule has 0 saturated carbocycles. The molecular weight excluding hydrogens is 417 g/mol. The van der Waals surface area contributed by atoms with E-state index in [-0.39, 0.29) is 29.9 Å². The molecule has 12 heteroatoms. The van der Waals surface area contributed by atoms with Crippen LogP contribution in [0.15, 0.2) is 34.7 Å². The van der Waals surface area contributed by atoms with Crippen molar-refractivity contribution in [2.45, 2.75) is 17.4 Å². The normalized spacial score (nSPS) is 11.1.